The van der Waals surface area contributed by atoms with Crippen molar-refractivity contribution in [3.63, 3.8) is 0 Å². The number of carbonyl (C=O) groups is 1. The first-order valence-electron chi connectivity index (χ1n) is 8.27. The van der Waals surface area contributed by atoms with Crippen LogP contribution in [0.5, 0.6) is 0 Å². The van der Waals surface area contributed by atoms with E-state index in [1.165, 1.54) is 0 Å². The van der Waals surface area contributed by atoms with Crippen LogP contribution in [0.4, 0.5) is 22.0 Å². The van der Waals surface area contributed by atoms with Crippen LogP contribution in [-0.4, -0.2) is 21.6 Å². The summed E-state index contributed by atoms with van der Waals surface area (Å²) in [5, 5.41) is 4.02. The lowest BCUT2D eigenvalue weighted by Gasteiger charge is -2.54. The molecule has 4 nitrogen and oxygen atoms in total. The number of halogens is 5. The van der Waals surface area contributed by atoms with Crippen LogP contribution in [0.25, 0.3) is 0 Å². The topological polar surface area (TPSA) is 60.9 Å². The second kappa shape index (κ2) is 4.54. The molecule has 3 aliphatic carbocycles. The molecule has 1 spiro atoms. The monoisotopic (exact) mass is 363 g/mol. The Kier molecular flexibility index (Phi) is 3.04. The van der Waals surface area contributed by atoms with Gasteiger partial charge in [-0.3, -0.25) is 9.48 Å². The molecule has 1 aromatic rings. The molecular formula is C16H18F5N3O. The maximum Gasteiger partial charge on any atom is 0.420 e. The van der Waals surface area contributed by atoms with Gasteiger partial charge in [0.25, 0.3) is 11.8 Å². The lowest BCUT2D eigenvalue weighted by Crippen LogP contribution is -2.59. The lowest BCUT2D eigenvalue weighted by atomic mass is 9.55. The predicted octanol–water partition coefficient (Wildman–Crippen LogP) is 3.70. The SMILES string of the molecule is CC1(Cn2nc(C3CC3)c(C(F)(F)F)c2C(N)=O)CC(F)(F)C12CC2. The number of hydrogen-bond donors (Lipinski definition) is 1. The number of rotatable bonds is 4. The Morgan fingerprint density at radius 2 is 1.92 bits per heavy atom. The van der Waals surface area contributed by atoms with Gasteiger partial charge in [-0.2, -0.15) is 18.3 Å². The van der Waals surface area contributed by atoms with Gasteiger partial charge in [0.05, 0.1) is 5.69 Å². The van der Waals surface area contributed by atoms with E-state index in [-0.39, 0.29) is 18.2 Å². The van der Waals surface area contributed by atoms with Gasteiger partial charge in [0.15, 0.2) is 0 Å². The molecule has 9 heteroatoms. The molecule has 1 heterocycles. The highest BCUT2D eigenvalue weighted by Gasteiger charge is 2.80. The summed E-state index contributed by atoms with van der Waals surface area (Å²) in [6, 6.07) is 0. The van der Waals surface area contributed by atoms with Gasteiger partial charge in [-0.1, -0.05) is 6.92 Å². The van der Waals surface area contributed by atoms with Crippen LogP contribution in [0.2, 0.25) is 0 Å². The van der Waals surface area contributed by atoms with Crippen molar-refractivity contribution in [2.24, 2.45) is 16.6 Å². The van der Waals surface area contributed by atoms with Crippen LogP contribution in [-0.2, 0) is 12.7 Å². The van der Waals surface area contributed by atoms with E-state index in [4.69, 9.17) is 5.73 Å². The zero-order valence-corrected chi connectivity index (χ0v) is 13.6. The Hall–Kier alpha value is -1.67. The maximum atomic E-state index is 13.9. The summed E-state index contributed by atoms with van der Waals surface area (Å²) < 4.78 is 69.3. The van der Waals surface area contributed by atoms with Gasteiger partial charge in [0, 0.05) is 29.7 Å². The largest absolute Gasteiger partial charge is 0.420 e. The third-order valence-corrected chi connectivity index (χ3v) is 6.18. The minimum atomic E-state index is -4.76. The van der Waals surface area contributed by atoms with E-state index in [0.29, 0.717) is 25.7 Å². The van der Waals surface area contributed by atoms with Gasteiger partial charge in [-0.05, 0) is 25.7 Å². The second-order valence-electron chi connectivity index (χ2n) is 7.93. The molecule has 1 unspecified atom stereocenters. The van der Waals surface area contributed by atoms with Crippen molar-refractivity contribution >= 4 is 5.91 Å². The molecule has 0 aromatic carbocycles. The Morgan fingerprint density at radius 1 is 1.32 bits per heavy atom. The summed E-state index contributed by atoms with van der Waals surface area (Å²) in [4.78, 5) is 11.8. The molecule has 138 valence electrons. The van der Waals surface area contributed by atoms with Crippen molar-refractivity contribution in [2.45, 2.75) is 63.6 Å². The first kappa shape index (κ1) is 16.8. The molecule has 3 saturated carbocycles. The molecular weight excluding hydrogens is 345 g/mol. The molecule has 1 amide bonds. The molecule has 0 radical (unpaired) electrons. The van der Waals surface area contributed by atoms with Crippen LogP contribution in [0, 0.1) is 10.8 Å². The zero-order valence-electron chi connectivity index (χ0n) is 13.6. The van der Waals surface area contributed by atoms with E-state index < -0.39 is 46.5 Å². The molecule has 1 aromatic heterocycles. The molecule has 3 fully saturated rings. The van der Waals surface area contributed by atoms with Gasteiger partial charge in [-0.25, -0.2) is 8.78 Å². The number of nitrogens with zero attached hydrogens (tertiary/aromatic N) is 2. The van der Waals surface area contributed by atoms with Crippen LogP contribution in [0.15, 0.2) is 0 Å². The highest BCUT2D eigenvalue weighted by molar-refractivity contribution is 5.93. The minimum absolute atomic E-state index is 0.156. The summed E-state index contributed by atoms with van der Waals surface area (Å²) in [5.41, 5.74) is 1.16. The number of aromatic nitrogens is 2. The van der Waals surface area contributed by atoms with E-state index in [2.05, 4.69) is 5.10 Å². The number of amides is 1. The summed E-state index contributed by atoms with van der Waals surface area (Å²) in [6.45, 7) is 1.48. The van der Waals surface area contributed by atoms with E-state index in [1.807, 2.05) is 0 Å². The summed E-state index contributed by atoms with van der Waals surface area (Å²) in [6.07, 6.45) is -3.37. The Balaban J connectivity index is 1.77. The number of nitrogens with two attached hydrogens (primary N) is 1. The molecule has 0 saturated heterocycles. The van der Waals surface area contributed by atoms with E-state index in [9.17, 15) is 26.7 Å². The van der Waals surface area contributed by atoms with Crippen molar-refractivity contribution in [3.8, 4) is 0 Å². The smallest absolute Gasteiger partial charge is 0.364 e. The molecule has 4 rings (SSSR count). The third-order valence-electron chi connectivity index (χ3n) is 6.18. The fourth-order valence-corrected chi connectivity index (χ4v) is 4.56. The number of primary amides is 1. The van der Waals surface area contributed by atoms with Crippen molar-refractivity contribution in [1.29, 1.82) is 0 Å². The van der Waals surface area contributed by atoms with Crippen LogP contribution in [0.3, 0.4) is 0 Å². The minimum Gasteiger partial charge on any atom is -0.364 e. The summed E-state index contributed by atoms with van der Waals surface area (Å²) >= 11 is 0. The van der Waals surface area contributed by atoms with Crippen molar-refractivity contribution < 1.29 is 26.7 Å². The third kappa shape index (κ3) is 2.16. The quantitative estimate of drug-likeness (QED) is 0.829. The lowest BCUT2D eigenvalue weighted by molar-refractivity contribution is -0.243. The first-order chi connectivity index (χ1) is 11.4. The average molecular weight is 363 g/mol. The fraction of sp³-hybridized carbons (Fsp3) is 0.750. The molecule has 0 aliphatic heterocycles. The molecule has 25 heavy (non-hydrogen) atoms. The standard InChI is InChI=1S/C16H18F5N3O/c1-13(6-15(17,18)14(13)4-5-14)7-24-11(12(22)25)9(16(19,20)21)10(23-24)8-2-3-8/h8H,2-7H2,1H3,(H2,22,25). The highest BCUT2D eigenvalue weighted by Crippen LogP contribution is 2.78. The van der Waals surface area contributed by atoms with E-state index in [1.54, 1.807) is 6.92 Å². The molecule has 2 N–H and O–H groups in total. The normalized spacial score (nSPS) is 29.5. The number of alkyl halides is 5. The van der Waals surface area contributed by atoms with Crippen LogP contribution >= 0.6 is 0 Å². The van der Waals surface area contributed by atoms with Gasteiger partial charge >= 0.3 is 6.18 Å². The van der Waals surface area contributed by atoms with E-state index >= 15 is 0 Å². The summed E-state index contributed by atoms with van der Waals surface area (Å²) in [5.74, 6) is -4.39. The summed E-state index contributed by atoms with van der Waals surface area (Å²) in [7, 11) is 0. The predicted molar refractivity (Wildman–Crippen MR) is 77.1 cm³/mol. The van der Waals surface area contributed by atoms with Gasteiger partial charge < -0.3 is 5.73 Å². The van der Waals surface area contributed by atoms with Gasteiger partial charge in [-0.15, -0.1) is 0 Å². The first-order valence-corrected chi connectivity index (χ1v) is 8.27. The van der Waals surface area contributed by atoms with Gasteiger partial charge in [0.1, 0.15) is 11.3 Å². The van der Waals surface area contributed by atoms with Crippen molar-refractivity contribution in [2.75, 3.05) is 0 Å². The maximum absolute atomic E-state index is 13.9. The number of carbonyl (C=O) groups excluding carboxylic acids is 1. The zero-order chi connectivity index (χ0) is 18.4. The Morgan fingerprint density at radius 3 is 2.32 bits per heavy atom. The van der Waals surface area contributed by atoms with Gasteiger partial charge in [0.2, 0.25) is 0 Å². The van der Waals surface area contributed by atoms with Crippen LogP contribution in [0.1, 0.15) is 66.7 Å². The Labute approximate surface area is 140 Å². The van der Waals surface area contributed by atoms with Crippen molar-refractivity contribution in [1.82, 2.24) is 9.78 Å². The highest BCUT2D eigenvalue weighted by atomic mass is 19.4. The van der Waals surface area contributed by atoms with Crippen LogP contribution < -0.4 is 5.73 Å². The molecule has 0 bridgehead atoms. The number of hydrogen-bond acceptors (Lipinski definition) is 2. The fourth-order valence-electron chi connectivity index (χ4n) is 4.56. The van der Waals surface area contributed by atoms with Crippen molar-refractivity contribution in [3.05, 3.63) is 17.0 Å². The molecule has 1 atom stereocenters. The van der Waals surface area contributed by atoms with E-state index in [0.717, 1.165) is 4.68 Å². The molecule has 3 aliphatic rings. The second-order valence-corrected chi connectivity index (χ2v) is 7.93. The Bertz CT molecular complexity index is 761. The average Bonchev–Trinajstić information content (AvgIpc) is 3.31.